The number of hydrogen-bond donors (Lipinski definition) is 0. The van der Waals surface area contributed by atoms with Crippen molar-refractivity contribution < 1.29 is 49.2 Å². The van der Waals surface area contributed by atoms with Crippen molar-refractivity contribution in [1.29, 1.82) is 0 Å². The summed E-state index contributed by atoms with van der Waals surface area (Å²) in [5.74, 6) is 0.493. The molecule has 0 bridgehead atoms. The molecule has 0 amide bonds. The van der Waals surface area contributed by atoms with Crippen LogP contribution in [0, 0.1) is 0 Å². The summed E-state index contributed by atoms with van der Waals surface area (Å²) in [6, 6.07) is 17.6. The van der Waals surface area contributed by atoms with E-state index in [9.17, 15) is 0 Å². The predicted molar refractivity (Wildman–Crippen MR) is 79.8 cm³/mol. The fraction of sp³-hybridized carbons (Fsp3) is 0.0526. The van der Waals surface area contributed by atoms with Crippen LogP contribution >= 0.6 is 0 Å². The molecule has 2 aliphatic carbocycles. The van der Waals surface area contributed by atoms with Crippen molar-refractivity contribution in [1.82, 2.24) is 0 Å². The van der Waals surface area contributed by atoms with Gasteiger partial charge in [-0.15, -0.1) is 0 Å². The second-order valence-corrected chi connectivity index (χ2v) is 7.02. The van der Waals surface area contributed by atoms with Gasteiger partial charge < -0.3 is 24.8 Å². The van der Waals surface area contributed by atoms with Crippen LogP contribution in [-0.2, 0) is 24.4 Å². The minimum atomic E-state index is 0. The first kappa shape index (κ1) is 17.5. The third kappa shape index (κ3) is 2.82. The van der Waals surface area contributed by atoms with E-state index in [4.69, 9.17) is 0 Å². The van der Waals surface area contributed by atoms with Crippen LogP contribution in [-0.4, -0.2) is 0 Å². The summed E-state index contributed by atoms with van der Waals surface area (Å²) in [7, 11) is 0. The third-order valence-electron chi connectivity index (χ3n) is 4.08. The Balaban J connectivity index is 0.000000882. The molecule has 0 aliphatic heterocycles. The molecule has 0 aromatic heterocycles. The van der Waals surface area contributed by atoms with Crippen molar-refractivity contribution in [2.45, 2.75) is 5.92 Å². The Labute approximate surface area is 158 Å². The van der Waals surface area contributed by atoms with Crippen LogP contribution in [0.4, 0.5) is 0 Å². The fourth-order valence-corrected chi connectivity index (χ4v) is 4.70. The summed E-state index contributed by atoms with van der Waals surface area (Å²) in [6.07, 6.45) is 8.94. The Hall–Kier alpha value is -0.890. The van der Waals surface area contributed by atoms with Crippen LogP contribution in [0.3, 0.4) is 0 Å². The molecule has 2 aromatic carbocycles. The van der Waals surface area contributed by atoms with Crippen molar-refractivity contribution in [3.63, 3.8) is 0 Å². The van der Waals surface area contributed by atoms with Gasteiger partial charge in [-0.25, -0.2) is 0 Å². The summed E-state index contributed by atoms with van der Waals surface area (Å²) in [5, 5.41) is 0. The molecule has 3 heteroatoms. The molecule has 1 unspecified atom stereocenters. The molecule has 107 valence electrons. The minimum absolute atomic E-state index is 0. The number of fused-ring (bicyclic) bond motifs is 3. The Kier molecular flexibility index (Phi) is 5.65. The van der Waals surface area contributed by atoms with Crippen molar-refractivity contribution in [3.8, 4) is 11.1 Å². The zero-order chi connectivity index (χ0) is 13.5. The Bertz CT molecular complexity index is 773. The van der Waals surface area contributed by atoms with E-state index in [2.05, 4.69) is 72.8 Å². The molecule has 0 heterocycles. The van der Waals surface area contributed by atoms with E-state index in [1.54, 1.807) is 3.33 Å². The average molecular weight is 491 g/mol. The SMILES string of the molecule is [Cl-].[Cl-].[Hf+2][C]1=C2C=CC=CC2c2ccc(-c3ccccc3)cc21. The monoisotopic (exact) mass is 491 g/mol. The van der Waals surface area contributed by atoms with Gasteiger partial charge in [0, 0.05) is 0 Å². The summed E-state index contributed by atoms with van der Waals surface area (Å²) < 4.78 is 1.56. The third-order valence-corrected chi connectivity index (χ3v) is 6.08. The molecule has 2 aromatic rings. The quantitative estimate of drug-likeness (QED) is 0.443. The van der Waals surface area contributed by atoms with Gasteiger partial charge in [-0.2, -0.15) is 0 Å². The molecular weight excluding hydrogens is 478 g/mol. The number of halogens is 2. The van der Waals surface area contributed by atoms with Gasteiger partial charge in [0.15, 0.2) is 0 Å². The molecule has 1 atom stereocenters. The Morgan fingerprint density at radius 1 is 0.818 bits per heavy atom. The number of hydrogen-bond acceptors (Lipinski definition) is 0. The second-order valence-electron chi connectivity index (χ2n) is 5.22. The van der Waals surface area contributed by atoms with Gasteiger partial charge in [-0.3, -0.25) is 0 Å². The average Bonchev–Trinajstić information content (AvgIpc) is 2.81. The van der Waals surface area contributed by atoms with Gasteiger partial charge in [0.2, 0.25) is 0 Å². The van der Waals surface area contributed by atoms with Crippen molar-refractivity contribution in [2.75, 3.05) is 0 Å². The van der Waals surface area contributed by atoms with E-state index in [0.717, 1.165) is 24.4 Å². The van der Waals surface area contributed by atoms with Gasteiger partial charge in [-0.05, 0) is 0 Å². The zero-order valence-corrected chi connectivity index (χ0v) is 16.9. The molecule has 0 N–H and O–H groups in total. The van der Waals surface area contributed by atoms with Crippen molar-refractivity contribution >= 4 is 3.33 Å². The number of allylic oxidation sites excluding steroid dienone is 5. The summed E-state index contributed by atoms with van der Waals surface area (Å²) in [4.78, 5) is 0. The molecule has 0 saturated carbocycles. The van der Waals surface area contributed by atoms with E-state index in [0.29, 0.717) is 5.92 Å². The van der Waals surface area contributed by atoms with Crippen LogP contribution in [0.15, 0.2) is 78.4 Å². The molecule has 22 heavy (non-hydrogen) atoms. The molecule has 0 saturated heterocycles. The number of rotatable bonds is 1. The van der Waals surface area contributed by atoms with E-state index in [-0.39, 0.29) is 24.8 Å². The first-order chi connectivity index (χ1) is 9.84. The standard InChI is InChI=1S/C19H13.2ClH.Hf/c1-2-6-14(7-3-1)15-10-11-19-17(12-15)13-16-8-4-5-9-18(16)19;;;/h1-12,18H;2*1H;/q;;;+2/p-2. The first-order valence-corrected chi connectivity index (χ1v) is 8.64. The molecule has 0 fully saturated rings. The van der Waals surface area contributed by atoms with E-state index in [1.807, 2.05) is 0 Å². The van der Waals surface area contributed by atoms with Crippen LogP contribution in [0.2, 0.25) is 0 Å². The molecule has 2 aliphatic rings. The maximum atomic E-state index is 2.38. The van der Waals surface area contributed by atoms with Crippen LogP contribution in [0.5, 0.6) is 0 Å². The topological polar surface area (TPSA) is 0 Å². The van der Waals surface area contributed by atoms with Gasteiger partial charge in [0.05, 0.1) is 0 Å². The van der Waals surface area contributed by atoms with Gasteiger partial charge in [-0.1, -0.05) is 0 Å². The molecule has 4 rings (SSSR count). The van der Waals surface area contributed by atoms with Crippen LogP contribution in [0.1, 0.15) is 17.0 Å². The van der Waals surface area contributed by atoms with Gasteiger partial charge in [0.25, 0.3) is 0 Å². The van der Waals surface area contributed by atoms with E-state index >= 15 is 0 Å². The number of benzene rings is 2. The molecule has 0 nitrogen and oxygen atoms in total. The Morgan fingerprint density at radius 2 is 1.59 bits per heavy atom. The summed E-state index contributed by atoms with van der Waals surface area (Å²) in [5.41, 5.74) is 7.08. The normalized spacial score (nSPS) is 17.5. The van der Waals surface area contributed by atoms with Crippen molar-refractivity contribution in [3.05, 3.63) is 89.5 Å². The molecule has 0 radical (unpaired) electrons. The second kappa shape index (κ2) is 7.12. The van der Waals surface area contributed by atoms with Crippen molar-refractivity contribution in [2.24, 2.45) is 0 Å². The maximum absolute atomic E-state index is 2.38. The van der Waals surface area contributed by atoms with E-state index < -0.39 is 0 Å². The fourth-order valence-electron chi connectivity index (χ4n) is 3.06. The van der Waals surface area contributed by atoms with Crippen LogP contribution in [0.25, 0.3) is 14.5 Å². The zero-order valence-electron chi connectivity index (χ0n) is 11.8. The van der Waals surface area contributed by atoms with Gasteiger partial charge in [0.1, 0.15) is 0 Å². The Morgan fingerprint density at radius 3 is 2.36 bits per heavy atom. The predicted octanol–water partition coefficient (Wildman–Crippen LogP) is -1.16. The van der Waals surface area contributed by atoms with E-state index in [1.165, 1.54) is 27.8 Å². The first-order valence-electron chi connectivity index (χ1n) is 6.85. The summed E-state index contributed by atoms with van der Waals surface area (Å²) >= 11 is 1.10. The van der Waals surface area contributed by atoms with Gasteiger partial charge >= 0.3 is 134 Å². The summed E-state index contributed by atoms with van der Waals surface area (Å²) in [6.45, 7) is 0. The molecular formula is C19H13Cl2Hf. The molecule has 0 spiro atoms. The van der Waals surface area contributed by atoms with Crippen LogP contribution < -0.4 is 24.8 Å².